The molecule has 1 N–H and O–H groups in total. The largest absolute Gasteiger partial charge is 0.481 e. The molecule has 0 spiro atoms. The Kier molecular flexibility index (Phi) is 4.15. The van der Waals surface area contributed by atoms with Gasteiger partial charge in [-0.05, 0) is 35.8 Å². The van der Waals surface area contributed by atoms with Crippen molar-refractivity contribution in [3.05, 3.63) is 47.8 Å². The number of benzene rings is 2. The van der Waals surface area contributed by atoms with Crippen LogP contribution in [0.4, 0.5) is 4.39 Å². The van der Waals surface area contributed by atoms with E-state index < -0.39 is 5.97 Å². The van der Waals surface area contributed by atoms with Crippen LogP contribution in [0.3, 0.4) is 0 Å². The molecule has 2 nitrogen and oxygen atoms in total. The molecule has 3 heteroatoms. The van der Waals surface area contributed by atoms with E-state index >= 15 is 0 Å². The third-order valence-electron chi connectivity index (χ3n) is 3.39. The summed E-state index contributed by atoms with van der Waals surface area (Å²) in [5, 5.41) is 10.3. The summed E-state index contributed by atoms with van der Waals surface area (Å²) in [5.74, 6) is -0.851. The number of halogens is 1. The molecule has 0 aliphatic heterocycles. The van der Waals surface area contributed by atoms with Crippen LogP contribution in [0.2, 0.25) is 0 Å². The van der Waals surface area contributed by atoms with Gasteiger partial charge in [-0.25, -0.2) is 4.39 Å². The van der Waals surface area contributed by atoms with Crippen molar-refractivity contribution in [2.75, 3.05) is 0 Å². The van der Waals surface area contributed by atoms with Crippen molar-refractivity contribution < 1.29 is 14.3 Å². The molecule has 0 amide bonds. The van der Waals surface area contributed by atoms with Crippen molar-refractivity contribution in [1.82, 2.24) is 0 Å². The van der Waals surface area contributed by atoms with Gasteiger partial charge >= 0.3 is 5.97 Å². The number of hydrogen-bond donors (Lipinski definition) is 1. The fourth-order valence-electron chi connectivity index (χ4n) is 2.34. The van der Waals surface area contributed by atoms with E-state index in [1.54, 1.807) is 12.1 Å². The fraction of sp³-hybridized carbons (Fsp3) is 0.312. The summed E-state index contributed by atoms with van der Waals surface area (Å²) in [6.07, 6.45) is 1.75. The number of carboxylic acids is 1. The van der Waals surface area contributed by atoms with Gasteiger partial charge < -0.3 is 5.11 Å². The topological polar surface area (TPSA) is 37.3 Å². The van der Waals surface area contributed by atoms with Crippen LogP contribution in [0, 0.1) is 11.7 Å². The molecule has 0 aliphatic carbocycles. The molecular formula is C16H17FO2. The summed E-state index contributed by atoms with van der Waals surface area (Å²) in [5.41, 5.74) is 1.08. The maximum Gasteiger partial charge on any atom is 0.303 e. The number of rotatable bonds is 5. The minimum absolute atomic E-state index is 0.126. The quantitative estimate of drug-likeness (QED) is 0.881. The first-order valence-corrected chi connectivity index (χ1v) is 6.46. The van der Waals surface area contributed by atoms with E-state index in [1.807, 2.05) is 25.1 Å². The van der Waals surface area contributed by atoms with Gasteiger partial charge in [0.05, 0.1) is 0 Å². The molecule has 0 saturated carbocycles. The van der Waals surface area contributed by atoms with Gasteiger partial charge in [0.1, 0.15) is 5.82 Å². The van der Waals surface area contributed by atoms with E-state index in [1.165, 1.54) is 6.07 Å². The lowest BCUT2D eigenvalue weighted by Gasteiger charge is -2.11. The van der Waals surface area contributed by atoms with Crippen molar-refractivity contribution in [2.45, 2.75) is 26.2 Å². The molecule has 0 saturated heterocycles. The van der Waals surface area contributed by atoms with E-state index in [4.69, 9.17) is 5.11 Å². The first-order chi connectivity index (χ1) is 9.08. The molecule has 0 heterocycles. The third kappa shape index (κ3) is 3.31. The fourth-order valence-corrected chi connectivity index (χ4v) is 2.34. The van der Waals surface area contributed by atoms with E-state index in [0.717, 1.165) is 23.8 Å². The Bertz CT molecular complexity index is 592. The zero-order chi connectivity index (χ0) is 13.8. The van der Waals surface area contributed by atoms with Gasteiger partial charge in [-0.3, -0.25) is 4.79 Å². The predicted octanol–water partition coefficient (Wildman–Crippen LogP) is 4.02. The minimum Gasteiger partial charge on any atom is -0.481 e. The van der Waals surface area contributed by atoms with Gasteiger partial charge in [0.2, 0.25) is 0 Å². The molecule has 2 aromatic carbocycles. The van der Waals surface area contributed by atoms with Crippen LogP contribution in [0.25, 0.3) is 10.8 Å². The smallest absolute Gasteiger partial charge is 0.303 e. The predicted molar refractivity (Wildman–Crippen MR) is 73.6 cm³/mol. The normalized spacial score (nSPS) is 12.5. The SMILES string of the molecule is CC(CCc1ccc(F)c2ccccc12)CC(=O)O. The van der Waals surface area contributed by atoms with Crippen LogP contribution in [0.15, 0.2) is 36.4 Å². The Morgan fingerprint density at radius 2 is 1.89 bits per heavy atom. The third-order valence-corrected chi connectivity index (χ3v) is 3.39. The highest BCUT2D eigenvalue weighted by atomic mass is 19.1. The highest BCUT2D eigenvalue weighted by molar-refractivity contribution is 5.86. The standard InChI is InChI=1S/C16H17FO2/c1-11(10-16(18)19)6-7-12-8-9-15(17)14-5-3-2-4-13(12)14/h2-5,8-9,11H,6-7,10H2,1H3,(H,18,19). The highest BCUT2D eigenvalue weighted by Crippen LogP contribution is 2.24. The Morgan fingerprint density at radius 3 is 2.58 bits per heavy atom. The average Bonchev–Trinajstić information content (AvgIpc) is 2.37. The van der Waals surface area contributed by atoms with Gasteiger partial charge in [-0.1, -0.05) is 37.3 Å². The summed E-state index contributed by atoms with van der Waals surface area (Å²) in [6.45, 7) is 1.93. The summed E-state index contributed by atoms with van der Waals surface area (Å²) in [4.78, 5) is 10.6. The van der Waals surface area contributed by atoms with E-state index in [-0.39, 0.29) is 18.2 Å². The van der Waals surface area contributed by atoms with Gasteiger partial charge in [-0.2, -0.15) is 0 Å². The van der Waals surface area contributed by atoms with Crippen LogP contribution >= 0.6 is 0 Å². The van der Waals surface area contributed by atoms with Gasteiger partial charge in [0.25, 0.3) is 0 Å². The summed E-state index contributed by atoms with van der Waals surface area (Å²) < 4.78 is 13.7. The molecule has 0 aromatic heterocycles. The Labute approximate surface area is 111 Å². The lowest BCUT2D eigenvalue weighted by Crippen LogP contribution is -2.05. The number of aryl methyl sites for hydroxylation is 1. The molecule has 1 atom stereocenters. The molecule has 0 radical (unpaired) electrons. The van der Waals surface area contributed by atoms with Gasteiger partial charge in [-0.15, -0.1) is 0 Å². The first-order valence-electron chi connectivity index (χ1n) is 6.46. The van der Waals surface area contributed by atoms with Crippen LogP contribution in [-0.4, -0.2) is 11.1 Å². The van der Waals surface area contributed by atoms with Crippen LogP contribution < -0.4 is 0 Å². The van der Waals surface area contributed by atoms with Crippen molar-refractivity contribution in [2.24, 2.45) is 5.92 Å². The maximum absolute atomic E-state index is 13.7. The average molecular weight is 260 g/mol. The number of hydrogen-bond acceptors (Lipinski definition) is 1. The second-order valence-corrected chi connectivity index (χ2v) is 4.99. The molecule has 19 heavy (non-hydrogen) atoms. The van der Waals surface area contributed by atoms with Crippen molar-refractivity contribution in [3.63, 3.8) is 0 Å². The number of aliphatic carboxylic acids is 1. The van der Waals surface area contributed by atoms with Crippen LogP contribution in [0.5, 0.6) is 0 Å². The summed E-state index contributed by atoms with van der Waals surface area (Å²) in [7, 11) is 0. The van der Waals surface area contributed by atoms with Crippen molar-refractivity contribution in [3.8, 4) is 0 Å². The highest BCUT2D eigenvalue weighted by Gasteiger charge is 2.10. The molecule has 100 valence electrons. The molecule has 1 unspecified atom stereocenters. The van der Waals surface area contributed by atoms with Gasteiger partial charge in [0.15, 0.2) is 0 Å². The molecule has 2 rings (SSSR count). The zero-order valence-electron chi connectivity index (χ0n) is 10.9. The zero-order valence-corrected chi connectivity index (χ0v) is 10.9. The summed E-state index contributed by atoms with van der Waals surface area (Å²) in [6, 6.07) is 10.7. The molecule has 2 aromatic rings. The maximum atomic E-state index is 13.7. The number of carboxylic acid groups (broad SMARTS) is 1. The van der Waals surface area contributed by atoms with E-state index in [9.17, 15) is 9.18 Å². The Morgan fingerprint density at radius 1 is 1.21 bits per heavy atom. The summed E-state index contributed by atoms with van der Waals surface area (Å²) >= 11 is 0. The lowest BCUT2D eigenvalue weighted by molar-refractivity contribution is -0.138. The second kappa shape index (κ2) is 5.83. The lowest BCUT2D eigenvalue weighted by atomic mass is 9.95. The molecule has 0 aliphatic rings. The second-order valence-electron chi connectivity index (χ2n) is 4.99. The van der Waals surface area contributed by atoms with E-state index in [0.29, 0.717) is 5.39 Å². The van der Waals surface area contributed by atoms with E-state index in [2.05, 4.69) is 0 Å². The Hall–Kier alpha value is -1.90. The molecule has 0 fully saturated rings. The van der Waals surface area contributed by atoms with Crippen molar-refractivity contribution in [1.29, 1.82) is 0 Å². The van der Waals surface area contributed by atoms with Crippen molar-refractivity contribution >= 4 is 16.7 Å². The monoisotopic (exact) mass is 260 g/mol. The molecule has 0 bridgehead atoms. The Balaban J connectivity index is 2.17. The molecular weight excluding hydrogens is 243 g/mol. The number of carbonyl (C=O) groups is 1. The van der Waals surface area contributed by atoms with Gasteiger partial charge in [0, 0.05) is 11.8 Å². The van der Waals surface area contributed by atoms with Crippen LogP contribution in [-0.2, 0) is 11.2 Å². The first kappa shape index (κ1) is 13.5. The van der Waals surface area contributed by atoms with Crippen LogP contribution in [0.1, 0.15) is 25.3 Å². The number of fused-ring (bicyclic) bond motifs is 1. The minimum atomic E-state index is -0.767.